The molecule has 0 aliphatic rings. The summed E-state index contributed by atoms with van der Waals surface area (Å²) in [6.45, 7) is 1.23. The predicted molar refractivity (Wildman–Crippen MR) is 78.5 cm³/mol. The lowest BCUT2D eigenvalue weighted by Crippen LogP contribution is -2.22. The number of nitrogens with zero attached hydrogens (tertiary/aromatic N) is 3. The maximum absolute atomic E-state index is 9.96. The highest BCUT2D eigenvalue weighted by Gasteiger charge is 2.10. The van der Waals surface area contributed by atoms with Gasteiger partial charge in [0, 0.05) is 34.2 Å². The van der Waals surface area contributed by atoms with E-state index in [0.29, 0.717) is 13.1 Å². The van der Waals surface area contributed by atoms with E-state index < -0.39 is 6.10 Å². The third kappa shape index (κ3) is 3.34. The zero-order chi connectivity index (χ0) is 13.8. The molecule has 19 heavy (non-hydrogen) atoms. The van der Waals surface area contributed by atoms with Crippen molar-refractivity contribution in [1.29, 1.82) is 0 Å². The second-order valence-corrected chi connectivity index (χ2v) is 5.49. The maximum Gasteiger partial charge on any atom is 0.204 e. The fourth-order valence-electron chi connectivity index (χ4n) is 1.93. The van der Waals surface area contributed by atoms with Crippen molar-refractivity contribution in [3.63, 3.8) is 0 Å². The van der Waals surface area contributed by atoms with Crippen LogP contribution in [-0.4, -0.2) is 35.3 Å². The van der Waals surface area contributed by atoms with Gasteiger partial charge in [-0.05, 0) is 22.4 Å². The number of aliphatic hydroxyl groups is 1. The lowest BCUT2D eigenvalue weighted by Gasteiger charge is -2.14. The number of anilines is 1. The molecule has 0 spiro atoms. The van der Waals surface area contributed by atoms with Crippen molar-refractivity contribution >= 4 is 17.3 Å². The first kappa shape index (κ1) is 14.0. The summed E-state index contributed by atoms with van der Waals surface area (Å²) < 4.78 is 2.05. The number of thiophene rings is 1. The Bertz CT molecular complexity index is 507. The van der Waals surface area contributed by atoms with Crippen molar-refractivity contribution in [1.82, 2.24) is 14.9 Å². The van der Waals surface area contributed by atoms with E-state index in [1.165, 1.54) is 0 Å². The third-order valence-electron chi connectivity index (χ3n) is 3.03. The first-order valence-electron chi connectivity index (χ1n) is 6.18. The Morgan fingerprint density at radius 1 is 1.53 bits per heavy atom. The van der Waals surface area contributed by atoms with E-state index >= 15 is 0 Å². The first-order chi connectivity index (χ1) is 9.09. The molecule has 0 fully saturated rings. The van der Waals surface area contributed by atoms with Crippen LogP contribution in [0, 0.1) is 0 Å². The van der Waals surface area contributed by atoms with Gasteiger partial charge in [0.15, 0.2) is 0 Å². The van der Waals surface area contributed by atoms with Gasteiger partial charge in [0.25, 0.3) is 0 Å². The molecule has 2 heterocycles. The van der Waals surface area contributed by atoms with Gasteiger partial charge in [-0.15, -0.1) is 0 Å². The van der Waals surface area contributed by atoms with Gasteiger partial charge in [-0.25, -0.2) is 4.98 Å². The number of hydrogen-bond donors (Lipinski definition) is 2. The van der Waals surface area contributed by atoms with Crippen LogP contribution in [-0.2, 0) is 13.6 Å². The van der Waals surface area contributed by atoms with Crippen LogP contribution in [0.4, 0.5) is 5.95 Å². The number of rotatable bonds is 6. The fourth-order valence-corrected chi connectivity index (χ4v) is 2.64. The molecule has 2 rings (SSSR count). The molecule has 0 saturated carbocycles. The highest BCUT2D eigenvalue weighted by atomic mass is 32.1. The van der Waals surface area contributed by atoms with Crippen molar-refractivity contribution in [2.45, 2.75) is 12.6 Å². The Balaban J connectivity index is 1.86. The van der Waals surface area contributed by atoms with E-state index in [1.807, 2.05) is 53.6 Å². The fraction of sp³-hybridized carbons (Fsp3) is 0.462. The molecule has 5 nitrogen and oxygen atoms in total. The van der Waals surface area contributed by atoms with Gasteiger partial charge in [0.2, 0.25) is 5.95 Å². The summed E-state index contributed by atoms with van der Waals surface area (Å²) in [6, 6.07) is 1.95. The Hall–Kier alpha value is -1.37. The van der Waals surface area contributed by atoms with Crippen LogP contribution >= 0.6 is 11.3 Å². The van der Waals surface area contributed by atoms with Crippen LogP contribution < -0.4 is 10.2 Å². The minimum absolute atomic E-state index is 0.451. The normalized spacial score (nSPS) is 12.6. The Labute approximate surface area is 117 Å². The molecule has 2 N–H and O–H groups in total. The van der Waals surface area contributed by atoms with Gasteiger partial charge < -0.3 is 19.9 Å². The van der Waals surface area contributed by atoms with Gasteiger partial charge in [-0.3, -0.25) is 0 Å². The topological polar surface area (TPSA) is 53.3 Å². The monoisotopic (exact) mass is 280 g/mol. The van der Waals surface area contributed by atoms with Gasteiger partial charge in [0.05, 0.1) is 18.0 Å². The molecule has 2 aromatic heterocycles. The van der Waals surface area contributed by atoms with E-state index in [0.717, 1.165) is 17.2 Å². The average molecular weight is 280 g/mol. The lowest BCUT2D eigenvalue weighted by molar-refractivity contribution is 0.174. The number of hydrogen-bond acceptors (Lipinski definition) is 5. The number of aromatic nitrogens is 2. The summed E-state index contributed by atoms with van der Waals surface area (Å²) in [6.07, 6.45) is 1.41. The van der Waals surface area contributed by atoms with Crippen LogP contribution in [0.2, 0.25) is 0 Å². The smallest absolute Gasteiger partial charge is 0.204 e. The van der Waals surface area contributed by atoms with Gasteiger partial charge in [-0.1, -0.05) is 0 Å². The summed E-state index contributed by atoms with van der Waals surface area (Å²) in [5.74, 6) is 0.926. The van der Waals surface area contributed by atoms with E-state index in [-0.39, 0.29) is 0 Å². The van der Waals surface area contributed by atoms with Crippen molar-refractivity contribution in [3.8, 4) is 0 Å². The quantitative estimate of drug-likeness (QED) is 0.839. The van der Waals surface area contributed by atoms with E-state index in [4.69, 9.17) is 0 Å². The molecule has 0 radical (unpaired) electrons. The predicted octanol–water partition coefficient (Wildman–Crippen LogP) is 1.37. The summed E-state index contributed by atoms with van der Waals surface area (Å²) in [4.78, 5) is 6.33. The molecule has 0 aliphatic carbocycles. The first-order valence-corrected chi connectivity index (χ1v) is 7.12. The minimum Gasteiger partial charge on any atom is -0.387 e. The standard InChI is InChI=1S/C13H20N4OS/c1-16(2)13-15-7-11(17(13)3)6-14-8-12(18)10-4-5-19-9-10/h4-5,7,9,12,14,18H,6,8H2,1-3H3. The minimum atomic E-state index is -0.451. The molecule has 1 unspecified atom stereocenters. The molecule has 0 amide bonds. The number of nitrogens with one attached hydrogen (secondary N) is 1. The van der Waals surface area contributed by atoms with Crippen molar-refractivity contribution in [2.75, 3.05) is 25.5 Å². The Kier molecular flexibility index (Phi) is 4.57. The molecule has 6 heteroatoms. The largest absolute Gasteiger partial charge is 0.387 e. The number of aliphatic hydroxyl groups excluding tert-OH is 1. The average Bonchev–Trinajstić information content (AvgIpc) is 2.99. The molecule has 0 bridgehead atoms. The Morgan fingerprint density at radius 2 is 2.32 bits per heavy atom. The summed E-state index contributed by atoms with van der Waals surface area (Å²) >= 11 is 1.60. The molecule has 0 aromatic carbocycles. The third-order valence-corrected chi connectivity index (χ3v) is 3.73. The molecular formula is C13H20N4OS. The van der Waals surface area contributed by atoms with Crippen molar-refractivity contribution in [3.05, 3.63) is 34.3 Å². The van der Waals surface area contributed by atoms with Crippen LogP contribution in [0.3, 0.4) is 0 Å². The SMILES string of the molecule is CN(C)c1ncc(CNCC(O)c2ccsc2)n1C. The lowest BCUT2D eigenvalue weighted by atomic mass is 10.2. The zero-order valence-electron chi connectivity index (χ0n) is 11.5. The van der Waals surface area contributed by atoms with Crippen molar-refractivity contribution in [2.24, 2.45) is 7.05 Å². The van der Waals surface area contributed by atoms with Gasteiger partial charge in [-0.2, -0.15) is 11.3 Å². The highest BCUT2D eigenvalue weighted by molar-refractivity contribution is 7.07. The second-order valence-electron chi connectivity index (χ2n) is 4.71. The Morgan fingerprint density at radius 3 is 2.89 bits per heavy atom. The molecule has 1 atom stereocenters. The van der Waals surface area contributed by atoms with Crippen LogP contribution in [0.25, 0.3) is 0 Å². The van der Waals surface area contributed by atoms with Gasteiger partial charge >= 0.3 is 0 Å². The van der Waals surface area contributed by atoms with Gasteiger partial charge in [0.1, 0.15) is 0 Å². The summed E-state index contributed by atoms with van der Waals surface area (Å²) in [5, 5.41) is 17.2. The van der Waals surface area contributed by atoms with Crippen LogP contribution in [0.15, 0.2) is 23.0 Å². The molecule has 2 aromatic rings. The van der Waals surface area contributed by atoms with Crippen LogP contribution in [0.5, 0.6) is 0 Å². The van der Waals surface area contributed by atoms with E-state index in [9.17, 15) is 5.11 Å². The summed E-state index contributed by atoms with van der Waals surface area (Å²) in [7, 11) is 5.94. The highest BCUT2D eigenvalue weighted by Crippen LogP contribution is 2.15. The van der Waals surface area contributed by atoms with Crippen molar-refractivity contribution < 1.29 is 5.11 Å². The van der Waals surface area contributed by atoms with E-state index in [1.54, 1.807) is 11.3 Å². The van der Waals surface area contributed by atoms with E-state index in [2.05, 4.69) is 10.3 Å². The molecular weight excluding hydrogens is 260 g/mol. The number of imidazole rings is 1. The molecule has 104 valence electrons. The molecule has 0 saturated heterocycles. The second kappa shape index (κ2) is 6.18. The molecule has 0 aliphatic heterocycles. The summed E-state index contributed by atoms with van der Waals surface area (Å²) in [5.41, 5.74) is 2.07. The van der Waals surface area contributed by atoms with Crippen LogP contribution in [0.1, 0.15) is 17.4 Å². The maximum atomic E-state index is 9.96. The zero-order valence-corrected chi connectivity index (χ0v) is 12.3.